The lowest BCUT2D eigenvalue weighted by molar-refractivity contribution is 0.446. The summed E-state index contributed by atoms with van der Waals surface area (Å²) in [5.74, 6) is -1.15. The number of nitrogens with one attached hydrogen (secondary N) is 1. The molecule has 11 heteroatoms. The van der Waals surface area contributed by atoms with Crippen LogP contribution in [0.2, 0.25) is 0 Å². The SMILES string of the molecule is O=S(=O)(O)c1ccc2cc(Nc3cccc4c(O)c(S(=O)(=O)O)ccc34)ccc2c1O. The number of phenolic OH excluding ortho intramolecular Hbond substituents is 2. The summed E-state index contributed by atoms with van der Waals surface area (Å²) in [5.41, 5.74) is 1.07. The van der Waals surface area contributed by atoms with E-state index in [-0.39, 0.29) is 10.8 Å². The minimum atomic E-state index is -4.59. The molecule has 0 saturated heterocycles. The average Bonchev–Trinajstić information content (AvgIpc) is 2.67. The van der Waals surface area contributed by atoms with Gasteiger partial charge in [-0.1, -0.05) is 24.3 Å². The predicted octanol–water partition coefficient (Wildman–Crippen LogP) is 3.64. The Kier molecular flexibility index (Phi) is 4.78. The molecule has 0 atom stereocenters. The van der Waals surface area contributed by atoms with Gasteiger partial charge >= 0.3 is 0 Å². The van der Waals surface area contributed by atoms with Crippen LogP contribution in [-0.4, -0.2) is 36.2 Å². The van der Waals surface area contributed by atoms with Gasteiger partial charge in [0.05, 0.1) is 0 Å². The fraction of sp³-hybridized carbons (Fsp3) is 0. The Morgan fingerprint density at radius 3 is 1.87 bits per heavy atom. The maximum atomic E-state index is 11.4. The number of hydrogen-bond donors (Lipinski definition) is 5. The first-order valence-corrected chi connectivity index (χ1v) is 11.6. The molecule has 0 aromatic heterocycles. The first kappa shape index (κ1) is 20.9. The highest BCUT2D eigenvalue weighted by Crippen LogP contribution is 2.37. The quantitative estimate of drug-likeness (QED) is 0.286. The van der Waals surface area contributed by atoms with Crippen molar-refractivity contribution < 1.29 is 36.2 Å². The lowest BCUT2D eigenvalue weighted by Crippen LogP contribution is -1.99. The molecular weight excluding hydrogens is 446 g/mol. The van der Waals surface area contributed by atoms with Crippen LogP contribution in [0.15, 0.2) is 70.5 Å². The Labute approximate surface area is 176 Å². The van der Waals surface area contributed by atoms with Crippen molar-refractivity contribution in [2.45, 2.75) is 9.79 Å². The van der Waals surface area contributed by atoms with Crippen molar-refractivity contribution in [1.29, 1.82) is 0 Å². The van der Waals surface area contributed by atoms with E-state index in [9.17, 15) is 36.2 Å². The molecule has 0 amide bonds. The molecule has 5 N–H and O–H groups in total. The fourth-order valence-corrected chi connectivity index (χ4v) is 4.56. The molecular formula is C20H15NO8S2. The van der Waals surface area contributed by atoms with Gasteiger partial charge in [-0.15, -0.1) is 0 Å². The molecule has 0 bridgehead atoms. The van der Waals surface area contributed by atoms with E-state index in [0.717, 1.165) is 12.1 Å². The van der Waals surface area contributed by atoms with Gasteiger partial charge in [-0.05, 0) is 41.8 Å². The zero-order valence-corrected chi connectivity index (χ0v) is 17.1. The normalized spacial score (nSPS) is 12.3. The monoisotopic (exact) mass is 461 g/mol. The van der Waals surface area contributed by atoms with Crippen molar-refractivity contribution in [2.24, 2.45) is 0 Å². The highest BCUT2D eigenvalue weighted by atomic mass is 32.2. The number of rotatable bonds is 4. The Morgan fingerprint density at radius 1 is 0.645 bits per heavy atom. The van der Waals surface area contributed by atoms with Gasteiger partial charge in [0.1, 0.15) is 21.3 Å². The third-order valence-corrected chi connectivity index (χ3v) is 6.56. The molecule has 160 valence electrons. The van der Waals surface area contributed by atoms with E-state index in [1.165, 1.54) is 24.3 Å². The lowest BCUT2D eigenvalue weighted by Gasteiger charge is -2.13. The van der Waals surface area contributed by atoms with Crippen LogP contribution in [0.5, 0.6) is 11.5 Å². The smallest absolute Gasteiger partial charge is 0.298 e. The van der Waals surface area contributed by atoms with Crippen LogP contribution in [0.1, 0.15) is 0 Å². The number of fused-ring (bicyclic) bond motifs is 2. The van der Waals surface area contributed by atoms with Gasteiger partial charge < -0.3 is 15.5 Å². The van der Waals surface area contributed by atoms with Crippen molar-refractivity contribution >= 4 is 53.2 Å². The second-order valence-electron chi connectivity index (χ2n) is 6.74. The molecule has 0 aliphatic rings. The number of benzene rings is 4. The van der Waals surface area contributed by atoms with E-state index in [1.54, 1.807) is 24.3 Å². The van der Waals surface area contributed by atoms with E-state index >= 15 is 0 Å². The zero-order valence-electron chi connectivity index (χ0n) is 15.5. The van der Waals surface area contributed by atoms with Crippen LogP contribution in [0.4, 0.5) is 11.4 Å². The minimum absolute atomic E-state index is 0.205. The van der Waals surface area contributed by atoms with Crippen LogP contribution >= 0.6 is 0 Å². The van der Waals surface area contributed by atoms with Crippen LogP contribution in [0.3, 0.4) is 0 Å². The molecule has 0 spiro atoms. The highest BCUT2D eigenvalue weighted by Gasteiger charge is 2.19. The van der Waals surface area contributed by atoms with Gasteiger partial charge in [-0.25, -0.2) is 0 Å². The summed E-state index contributed by atoms with van der Waals surface area (Å²) in [5, 5.41) is 25.0. The molecule has 4 aromatic carbocycles. The van der Waals surface area contributed by atoms with Crippen molar-refractivity contribution in [3.63, 3.8) is 0 Å². The molecule has 4 aromatic rings. The van der Waals surface area contributed by atoms with Gasteiger partial charge in [-0.2, -0.15) is 16.8 Å². The largest absolute Gasteiger partial charge is 0.506 e. The molecule has 0 unspecified atom stereocenters. The van der Waals surface area contributed by atoms with Crippen molar-refractivity contribution in [3.05, 3.63) is 60.7 Å². The topological polar surface area (TPSA) is 161 Å². The van der Waals surface area contributed by atoms with E-state index in [1.807, 2.05) is 0 Å². The Morgan fingerprint density at radius 2 is 1.23 bits per heavy atom. The molecule has 0 radical (unpaired) electrons. The maximum absolute atomic E-state index is 11.4. The molecule has 0 aliphatic heterocycles. The van der Waals surface area contributed by atoms with Gasteiger partial charge in [0.25, 0.3) is 20.2 Å². The first-order chi connectivity index (χ1) is 14.5. The predicted molar refractivity (Wildman–Crippen MR) is 114 cm³/mol. The van der Waals surface area contributed by atoms with Crippen LogP contribution in [0, 0.1) is 0 Å². The second kappa shape index (κ2) is 7.10. The van der Waals surface area contributed by atoms with E-state index in [2.05, 4.69) is 5.32 Å². The number of phenols is 2. The Bertz CT molecular complexity index is 1580. The second-order valence-corrected chi connectivity index (χ2v) is 9.52. The lowest BCUT2D eigenvalue weighted by atomic mass is 10.1. The third-order valence-electron chi connectivity index (χ3n) is 4.79. The van der Waals surface area contributed by atoms with Gasteiger partial charge in [0.15, 0.2) is 0 Å². The number of anilines is 2. The Balaban J connectivity index is 1.80. The van der Waals surface area contributed by atoms with Gasteiger partial charge in [0.2, 0.25) is 0 Å². The van der Waals surface area contributed by atoms with Crippen LogP contribution in [-0.2, 0) is 20.2 Å². The summed E-state index contributed by atoms with van der Waals surface area (Å²) in [6, 6.07) is 14.5. The summed E-state index contributed by atoms with van der Waals surface area (Å²) >= 11 is 0. The van der Waals surface area contributed by atoms with E-state index in [0.29, 0.717) is 22.1 Å². The highest BCUT2D eigenvalue weighted by molar-refractivity contribution is 7.86. The zero-order chi connectivity index (χ0) is 22.6. The summed E-state index contributed by atoms with van der Waals surface area (Å²) in [6.45, 7) is 0. The summed E-state index contributed by atoms with van der Waals surface area (Å²) < 4.78 is 64.0. The molecule has 0 heterocycles. The van der Waals surface area contributed by atoms with Crippen molar-refractivity contribution in [1.82, 2.24) is 0 Å². The molecule has 0 fully saturated rings. The van der Waals surface area contributed by atoms with Gasteiger partial charge in [-0.3, -0.25) is 9.11 Å². The van der Waals surface area contributed by atoms with Crippen molar-refractivity contribution in [2.75, 3.05) is 5.32 Å². The van der Waals surface area contributed by atoms with Crippen molar-refractivity contribution in [3.8, 4) is 11.5 Å². The fourth-order valence-electron chi connectivity index (χ4n) is 3.37. The minimum Gasteiger partial charge on any atom is -0.506 e. The van der Waals surface area contributed by atoms with E-state index < -0.39 is 41.5 Å². The van der Waals surface area contributed by atoms with E-state index in [4.69, 9.17) is 0 Å². The maximum Gasteiger partial charge on any atom is 0.298 e. The molecule has 0 aliphatic carbocycles. The van der Waals surface area contributed by atoms with Gasteiger partial charge in [0, 0.05) is 27.5 Å². The Hall–Kier alpha value is -3.38. The standard InChI is InChI=1S/C20H15NO8S2/c22-19-13-6-5-12(10-11(13)4-8-17(19)30(24,25)26)21-16-3-1-2-15-14(16)7-9-18(20(15)23)31(27,28)29/h1-10,21-23H,(H,24,25,26)(H,27,28,29). The number of aromatic hydroxyl groups is 2. The molecule has 4 rings (SSSR count). The average molecular weight is 461 g/mol. The molecule has 0 saturated carbocycles. The number of hydrogen-bond acceptors (Lipinski definition) is 7. The summed E-state index contributed by atoms with van der Waals surface area (Å²) in [6.07, 6.45) is 0. The molecule has 31 heavy (non-hydrogen) atoms. The third kappa shape index (κ3) is 3.75. The summed E-state index contributed by atoms with van der Waals surface area (Å²) in [7, 11) is -9.17. The summed E-state index contributed by atoms with van der Waals surface area (Å²) in [4.78, 5) is -1.20. The van der Waals surface area contributed by atoms with Crippen LogP contribution < -0.4 is 5.32 Å². The first-order valence-electron chi connectivity index (χ1n) is 8.69. The van der Waals surface area contributed by atoms with Crippen LogP contribution in [0.25, 0.3) is 21.5 Å². The molecule has 9 nitrogen and oxygen atoms in total.